The highest BCUT2D eigenvalue weighted by molar-refractivity contribution is 5.70. The van der Waals surface area contributed by atoms with Crippen LogP contribution in [0.15, 0.2) is 0 Å². The van der Waals surface area contributed by atoms with Gasteiger partial charge in [0.1, 0.15) is 13.2 Å². The Kier molecular flexibility index (Phi) is 5.73. The Morgan fingerprint density at radius 1 is 1.45 bits per heavy atom. The summed E-state index contributed by atoms with van der Waals surface area (Å²) in [4.78, 5) is 10.4. The van der Waals surface area contributed by atoms with E-state index in [4.69, 9.17) is 14.6 Å². The second-order valence-electron chi connectivity index (χ2n) is 1.74. The first kappa shape index (κ1) is 10.3. The quantitative estimate of drug-likeness (QED) is 0.423. The van der Waals surface area contributed by atoms with E-state index in [1.807, 2.05) is 0 Å². The van der Waals surface area contributed by atoms with Crippen molar-refractivity contribution in [1.82, 2.24) is 0 Å². The van der Waals surface area contributed by atoms with E-state index < -0.39 is 18.9 Å². The van der Waals surface area contributed by atoms with Crippen LogP contribution in [0.25, 0.3) is 0 Å². The molecule has 0 amide bonds. The Morgan fingerprint density at radius 3 is 2.36 bits per heavy atom. The summed E-state index contributed by atoms with van der Waals surface area (Å²) < 4.78 is 13.9. The molecule has 0 unspecified atom stereocenters. The summed E-state index contributed by atoms with van der Waals surface area (Å²) in [5.74, 6) is -0.691. The molecule has 0 radical (unpaired) electrons. The molecule has 0 heterocycles. The molecule has 0 bridgehead atoms. The van der Waals surface area contributed by atoms with Crippen molar-refractivity contribution in [2.45, 2.75) is 6.29 Å². The zero-order valence-corrected chi connectivity index (χ0v) is 6.57. The van der Waals surface area contributed by atoms with Crippen molar-refractivity contribution < 1.29 is 24.1 Å². The van der Waals surface area contributed by atoms with Gasteiger partial charge in [-0.15, -0.1) is 0 Å². The maximum absolute atomic E-state index is 10.4. The molecule has 0 aromatic heterocycles. The summed E-state index contributed by atoms with van der Waals surface area (Å²) >= 11 is 0. The van der Waals surface area contributed by atoms with Gasteiger partial charge in [0.15, 0.2) is 6.29 Å². The summed E-state index contributed by atoms with van der Waals surface area (Å²) in [7, 11) is 2.86. The lowest BCUT2D eigenvalue weighted by atomic mass is 10.6. The fourth-order valence-electron chi connectivity index (χ4n) is 0.439. The van der Waals surface area contributed by atoms with Gasteiger partial charge < -0.3 is 19.3 Å². The second-order valence-corrected chi connectivity index (χ2v) is 1.74. The predicted molar refractivity (Wildman–Crippen MR) is 35.9 cm³/mol. The minimum atomic E-state index is -0.691. The first-order valence-corrected chi connectivity index (χ1v) is 3.06. The summed E-state index contributed by atoms with van der Waals surface area (Å²) in [5, 5.41) is 8.24. The molecule has 0 fully saturated rings. The monoisotopic (exact) mass is 164 g/mol. The highest BCUT2D eigenvalue weighted by Crippen LogP contribution is 1.91. The number of carbonyl (C=O) groups excluding carboxylic acids is 1. The van der Waals surface area contributed by atoms with Crippen LogP contribution in [0.4, 0.5) is 0 Å². The molecular formula is C6H12O5. The van der Waals surface area contributed by atoms with E-state index in [-0.39, 0.29) is 6.61 Å². The van der Waals surface area contributed by atoms with E-state index in [1.54, 1.807) is 0 Å². The number of ether oxygens (including phenoxy) is 3. The van der Waals surface area contributed by atoms with Crippen molar-refractivity contribution in [2.24, 2.45) is 0 Å². The predicted octanol–water partition coefficient (Wildman–Crippen LogP) is -0.859. The Hall–Kier alpha value is -0.650. The molecular weight excluding hydrogens is 152 g/mol. The first-order chi connectivity index (χ1) is 5.24. The molecule has 5 heteroatoms. The molecule has 0 spiro atoms. The minimum Gasteiger partial charge on any atom is -0.459 e. The van der Waals surface area contributed by atoms with Gasteiger partial charge >= 0.3 is 5.97 Å². The molecule has 0 aromatic carbocycles. The van der Waals surface area contributed by atoms with Gasteiger partial charge in [0, 0.05) is 14.2 Å². The lowest BCUT2D eigenvalue weighted by molar-refractivity contribution is -0.169. The van der Waals surface area contributed by atoms with Crippen LogP contribution in [-0.4, -0.2) is 44.8 Å². The van der Waals surface area contributed by atoms with Crippen LogP contribution in [0, 0.1) is 0 Å². The zero-order valence-electron chi connectivity index (χ0n) is 6.57. The van der Waals surface area contributed by atoms with Gasteiger partial charge in [0.05, 0.1) is 0 Å². The van der Waals surface area contributed by atoms with Crippen molar-refractivity contribution in [3.8, 4) is 0 Å². The van der Waals surface area contributed by atoms with Gasteiger partial charge in [-0.3, -0.25) is 0 Å². The Balaban J connectivity index is 3.42. The smallest absolute Gasteiger partial charge is 0.331 e. The van der Waals surface area contributed by atoms with Gasteiger partial charge in [0.25, 0.3) is 0 Å². The number of carbonyl (C=O) groups is 1. The Morgan fingerprint density at radius 2 is 2.00 bits per heavy atom. The third kappa shape index (κ3) is 4.72. The van der Waals surface area contributed by atoms with Gasteiger partial charge in [-0.05, 0) is 0 Å². The molecule has 11 heavy (non-hydrogen) atoms. The maximum atomic E-state index is 10.4. The molecule has 5 nitrogen and oxygen atoms in total. The van der Waals surface area contributed by atoms with Crippen LogP contribution in [0.3, 0.4) is 0 Å². The van der Waals surface area contributed by atoms with Crippen LogP contribution in [-0.2, 0) is 19.0 Å². The standard InChI is InChI=1S/C6H12O5/c1-9-6(10-2)4-11-5(8)3-7/h6-7H,3-4H2,1-2H3. The summed E-state index contributed by atoms with van der Waals surface area (Å²) in [6.07, 6.45) is -0.564. The van der Waals surface area contributed by atoms with Crippen molar-refractivity contribution in [3.63, 3.8) is 0 Å². The molecule has 66 valence electrons. The van der Waals surface area contributed by atoms with Crippen molar-refractivity contribution in [3.05, 3.63) is 0 Å². The highest BCUT2D eigenvalue weighted by Gasteiger charge is 2.07. The topological polar surface area (TPSA) is 65.0 Å². The Bertz CT molecular complexity index is 110. The number of rotatable bonds is 5. The van der Waals surface area contributed by atoms with Gasteiger partial charge in [0.2, 0.25) is 0 Å². The van der Waals surface area contributed by atoms with Crippen LogP contribution in [0.5, 0.6) is 0 Å². The molecule has 0 aromatic rings. The third-order valence-electron chi connectivity index (χ3n) is 1.04. The number of aliphatic hydroxyl groups excluding tert-OH is 1. The van der Waals surface area contributed by atoms with Crippen molar-refractivity contribution in [1.29, 1.82) is 0 Å². The third-order valence-corrected chi connectivity index (χ3v) is 1.04. The fraction of sp³-hybridized carbons (Fsp3) is 0.833. The summed E-state index contributed by atoms with van der Waals surface area (Å²) in [6.45, 7) is -0.632. The second kappa shape index (κ2) is 6.09. The van der Waals surface area contributed by atoms with E-state index in [0.29, 0.717) is 0 Å². The van der Waals surface area contributed by atoms with Gasteiger partial charge in [-0.25, -0.2) is 4.79 Å². The number of esters is 1. The molecule has 0 saturated carbocycles. The number of hydrogen-bond donors (Lipinski definition) is 1. The van der Waals surface area contributed by atoms with Crippen molar-refractivity contribution >= 4 is 5.97 Å². The number of methoxy groups -OCH3 is 2. The van der Waals surface area contributed by atoms with E-state index in [2.05, 4.69) is 4.74 Å². The van der Waals surface area contributed by atoms with E-state index >= 15 is 0 Å². The molecule has 1 N–H and O–H groups in total. The zero-order chi connectivity index (χ0) is 8.69. The average Bonchev–Trinajstić information content (AvgIpc) is 2.06. The highest BCUT2D eigenvalue weighted by atomic mass is 16.7. The Labute approximate surface area is 64.9 Å². The van der Waals surface area contributed by atoms with Gasteiger partial charge in [-0.1, -0.05) is 0 Å². The van der Waals surface area contributed by atoms with E-state index in [9.17, 15) is 4.79 Å². The molecule has 0 aliphatic rings. The van der Waals surface area contributed by atoms with Crippen LogP contribution < -0.4 is 0 Å². The van der Waals surface area contributed by atoms with E-state index in [1.165, 1.54) is 14.2 Å². The lowest BCUT2D eigenvalue weighted by Crippen LogP contribution is -2.23. The maximum Gasteiger partial charge on any atom is 0.331 e. The molecule has 0 atom stereocenters. The largest absolute Gasteiger partial charge is 0.459 e. The number of aliphatic hydroxyl groups is 1. The average molecular weight is 164 g/mol. The van der Waals surface area contributed by atoms with Crippen molar-refractivity contribution in [2.75, 3.05) is 27.4 Å². The van der Waals surface area contributed by atoms with Crippen LogP contribution >= 0.6 is 0 Å². The fourth-order valence-corrected chi connectivity index (χ4v) is 0.439. The van der Waals surface area contributed by atoms with Gasteiger partial charge in [-0.2, -0.15) is 0 Å². The summed E-state index contributed by atoms with van der Waals surface area (Å²) in [6, 6.07) is 0. The SMILES string of the molecule is COC(COC(=O)CO)OC. The van der Waals surface area contributed by atoms with Crippen LogP contribution in [0.2, 0.25) is 0 Å². The van der Waals surface area contributed by atoms with E-state index in [0.717, 1.165) is 0 Å². The normalized spacial score (nSPS) is 10.2. The molecule has 0 aliphatic heterocycles. The van der Waals surface area contributed by atoms with Crippen LogP contribution in [0.1, 0.15) is 0 Å². The first-order valence-electron chi connectivity index (χ1n) is 3.06. The number of hydrogen-bond acceptors (Lipinski definition) is 5. The summed E-state index contributed by atoms with van der Waals surface area (Å²) in [5.41, 5.74) is 0. The lowest BCUT2D eigenvalue weighted by Gasteiger charge is -2.12. The molecule has 0 saturated heterocycles. The molecule has 0 rings (SSSR count). The minimum absolute atomic E-state index is 0.00755. The molecule has 0 aliphatic carbocycles.